The minimum Gasteiger partial charge on any atom is -0.477 e. The molecule has 178 valence electrons. The molecular formula is C24H32ClN5O3. The van der Waals surface area contributed by atoms with E-state index in [-0.39, 0.29) is 18.2 Å². The maximum Gasteiger partial charge on any atom is 0.341 e. The van der Waals surface area contributed by atoms with Gasteiger partial charge in [0.05, 0.1) is 12.6 Å². The number of carboxylic acid groups (broad SMARTS) is 1. The van der Waals surface area contributed by atoms with E-state index in [0.29, 0.717) is 28.6 Å². The normalized spacial score (nSPS) is 20.4. The number of rotatable bonds is 8. The number of aliphatic hydroxyl groups excluding tert-OH is 1. The van der Waals surface area contributed by atoms with Gasteiger partial charge in [-0.3, -0.25) is 0 Å². The lowest BCUT2D eigenvalue weighted by molar-refractivity contribution is 0.0697. The zero-order valence-corrected chi connectivity index (χ0v) is 19.9. The second-order valence-electron chi connectivity index (χ2n) is 9.22. The van der Waals surface area contributed by atoms with Gasteiger partial charge in [0.25, 0.3) is 0 Å². The monoisotopic (exact) mass is 473 g/mol. The Labute approximate surface area is 199 Å². The van der Waals surface area contributed by atoms with Crippen LogP contribution < -0.4 is 10.2 Å². The zero-order valence-electron chi connectivity index (χ0n) is 19.2. The first-order valence-corrected chi connectivity index (χ1v) is 11.9. The van der Waals surface area contributed by atoms with Crippen LogP contribution in [-0.2, 0) is 0 Å². The largest absolute Gasteiger partial charge is 0.477 e. The number of aryl methyl sites for hydroxylation is 1. The summed E-state index contributed by atoms with van der Waals surface area (Å²) >= 11 is 6.41. The van der Waals surface area contributed by atoms with E-state index < -0.39 is 5.97 Å². The van der Waals surface area contributed by atoms with Gasteiger partial charge < -0.3 is 25.3 Å². The number of carboxylic acids is 1. The molecule has 2 aliphatic heterocycles. The highest BCUT2D eigenvalue weighted by molar-refractivity contribution is 6.31. The predicted octanol–water partition coefficient (Wildman–Crippen LogP) is 3.45. The number of carbonyl (C=O) groups is 1. The number of likely N-dealkylation sites (tertiary alicyclic amines) is 1. The molecule has 0 spiro atoms. The number of hydrogen-bond donors (Lipinski definition) is 3. The van der Waals surface area contributed by atoms with E-state index in [2.05, 4.69) is 25.1 Å². The summed E-state index contributed by atoms with van der Waals surface area (Å²) in [4.78, 5) is 25.2. The van der Waals surface area contributed by atoms with E-state index in [0.717, 1.165) is 43.9 Å². The van der Waals surface area contributed by atoms with Crippen LogP contribution in [0.1, 0.15) is 47.3 Å². The van der Waals surface area contributed by atoms with Crippen LogP contribution in [0, 0.1) is 18.8 Å². The number of anilines is 2. The van der Waals surface area contributed by atoms with Gasteiger partial charge in [-0.2, -0.15) is 4.98 Å². The van der Waals surface area contributed by atoms with Crippen LogP contribution in [-0.4, -0.2) is 70.4 Å². The molecule has 33 heavy (non-hydrogen) atoms. The van der Waals surface area contributed by atoms with Crippen molar-refractivity contribution in [2.75, 3.05) is 49.5 Å². The summed E-state index contributed by atoms with van der Waals surface area (Å²) in [6.07, 6.45) is 3.76. The van der Waals surface area contributed by atoms with Gasteiger partial charge in [0.2, 0.25) is 5.95 Å². The molecule has 0 radical (unpaired) electrons. The molecule has 2 aromatic rings. The third kappa shape index (κ3) is 5.39. The Balaban J connectivity index is 1.45. The van der Waals surface area contributed by atoms with E-state index in [1.807, 2.05) is 32.0 Å². The minimum absolute atomic E-state index is 0.0397. The molecule has 0 aliphatic carbocycles. The summed E-state index contributed by atoms with van der Waals surface area (Å²) in [7, 11) is 0. The molecule has 3 N–H and O–H groups in total. The lowest BCUT2D eigenvalue weighted by Crippen LogP contribution is -2.54. The lowest BCUT2D eigenvalue weighted by Gasteiger charge is -2.46. The average Bonchev–Trinajstić information content (AvgIpc) is 2.73. The second kappa shape index (κ2) is 10.2. The van der Waals surface area contributed by atoms with E-state index >= 15 is 0 Å². The highest BCUT2D eigenvalue weighted by Gasteiger charge is 2.37. The summed E-state index contributed by atoms with van der Waals surface area (Å²) in [5.41, 5.74) is 1.99. The van der Waals surface area contributed by atoms with Crippen molar-refractivity contribution in [2.24, 2.45) is 11.8 Å². The number of nitrogens with one attached hydrogen (secondary N) is 1. The van der Waals surface area contributed by atoms with Crippen molar-refractivity contribution >= 4 is 29.3 Å². The molecule has 0 bridgehead atoms. The lowest BCUT2D eigenvalue weighted by atomic mass is 9.81. The maximum atomic E-state index is 11.8. The highest BCUT2D eigenvalue weighted by atomic mass is 35.5. The minimum atomic E-state index is -1.07. The van der Waals surface area contributed by atoms with E-state index in [1.165, 1.54) is 19.0 Å². The number of piperidine rings is 1. The topological polar surface area (TPSA) is 102 Å². The molecule has 3 heterocycles. The van der Waals surface area contributed by atoms with Gasteiger partial charge in [0.1, 0.15) is 11.4 Å². The fourth-order valence-electron chi connectivity index (χ4n) is 4.85. The van der Waals surface area contributed by atoms with Crippen LogP contribution in [0.5, 0.6) is 0 Å². The summed E-state index contributed by atoms with van der Waals surface area (Å²) in [6.45, 7) is 8.67. The van der Waals surface area contributed by atoms with Gasteiger partial charge in [-0.15, -0.1) is 0 Å². The van der Waals surface area contributed by atoms with E-state index in [9.17, 15) is 15.0 Å². The van der Waals surface area contributed by atoms with Crippen molar-refractivity contribution in [3.63, 3.8) is 0 Å². The second-order valence-corrected chi connectivity index (χ2v) is 9.63. The van der Waals surface area contributed by atoms with Crippen LogP contribution >= 0.6 is 11.6 Å². The summed E-state index contributed by atoms with van der Waals surface area (Å²) < 4.78 is 0. The molecule has 9 heteroatoms. The van der Waals surface area contributed by atoms with Crippen LogP contribution in [0.4, 0.5) is 11.8 Å². The van der Waals surface area contributed by atoms with Crippen molar-refractivity contribution in [2.45, 2.75) is 32.7 Å². The smallest absolute Gasteiger partial charge is 0.341 e. The SMILES string of the molecule is Cc1ccc(C(C)Nc2nc(N3CC(C4CCCN(CCO)C4)C3)ncc2C(=O)O)c(Cl)c1. The highest BCUT2D eigenvalue weighted by Crippen LogP contribution is 2.34. The number of aromatic carboxylic acids is 1. The fraction of sp³-hybridized carbons (Fsp3) is 0.542. The number of hydrogen-bond acceptors (Lipinski definition) is 7. The third-order valence-corrected chi connectivity index (χ3v) is 7.13. The number of β-amino-alcohol motifs (C(OH)–C–C–N with tert-alkyl or cyclic N) is 1. The van der Waals surface area contributed by atoms with Gasteiger partial charge >= 0.3 is 5.97 Å². The molecule has 0 amide bonds. The number of benzene rings is 1. The third-order valence-electron chi connectivity index (χ3n) is 6.80. The van der Waals surface area contributed by atoms with Crippen LogP contribution in [0.2, 0.25) is 5.02 Å². The molecule has 2 atom stereocenters. The quantitative estimate of drug-likeness (QED) is 0.535. The standard InChI is InChI=1S/C24H32ClN5O3/c1-15-5-6-19(21(25)10-15)16(2)27-22-20(23(32)33)11-26-24(28-22)30-13-18(14-30)17-4-3-7-29(12-17)8-9-31/h5-6,10-11,16-18,31H,3-4,7-9,12-14H2,1-2H3,(H,32,33)(H,26,27,28). The number of halogens is 1. The van der Waals surface area contributed by atoms with Gasteiger partial charge in [-0.05, 0) is 62.3 Å². The first kappa shape index (κ1) is 23.7. The summed E-state index contributed by atoms with van der Waals surface area (Å²) in [6, 6.07) is 5.60. The van der Waals surface area contributed by atoms with Crippen molar-refractivity contribution in [3.05, 3.63) is 46.1 Å². The van der Waals surface area contributed by atoms with Gasteiger partial charge in [-0.1, -0.05) is 23.7 Å². The van der Waals surface area contributed by atoms with E-state index in [1.54, 1.807) is 0 Å². The molecular weight excluding hydrogens is 442 g/mol. The molecule has 4 rings (SSSR count). The maximum absolute atomic E-state index is 11.8. The van der Waals surface area contributed by atoms with Crippen molar-refractivity contribution in [3.8, 4) is 0 Å². The number of aliphatic hydroxyl groups is 1. The molecule has 2 unspecified atom stereocenters. The number of aromatic nitrogens is 2. The molecule has 2 saturated heterocycles. The molecule has 1 aromatic carbocycles. The average molecular weight is 474 g/mol. The molecule has 2 aliphatic rings. The Morgan fingerprint density at radius 1 is 1.30 bits per heavy atom. The Bertz CT molecular complexity index is 996. The Kier molecular flexibility index (Phi) is 7.36. The van der Waals surface area contributed by atoms with Gasteiger partial charge in [0.15, 0.2) is 0 Å². The zero-order chi connectivity index (χ0) is 23.5. The molecule has 1 aromatic heterocycles. The fourth-order valence-corrected chi connectivity index (χ4v) is 5.25. The van der Waals surface area contributed by atoms with Crippen LogP contribution in [0.25, 0.3) is 0 Å². The van der Waals surface area contributed by atoms with Crippen molar-refractivity contribution < 1.29 is 15.0 Å². The Morgan fingerprint density at radius 3 is 2.79 bits per heavy atom. The van der Waals surface area contributed by atoms with Crippen molar-refractivity contribution in [1.29, 1.82) is 0 Å². The van der Waals surface area contributed by atoms with E-state index in [4.69, 9.17) is 11.6 Å². The Morgan fingerprint density at radius 2 is 2.09 bits per heavy atom. The molecule has 2 fully saturated rings. The van der Waals surface area contributed by atoms with Gasteiger partial charge in [0, 0.05) is 37.4 Å². The molecule has 8 nitrogen and oxygen atoms in total. The predicted molar refractivity (Wildman–Crippen MR) is 129 cm³/mol. The summed E-state index contributed by atoms with van der Waals surface area (Å²) in [5.74, 6) is 0.951. The van der Waals surface area contributed by atoms with Gasteiger partial charge in [-0.25, -0.2) is 9.78 Å². The number of nitrogens with zero attached hydrogens (tertiary/aromatic N) is 4. The van der Waals surface area contributed by atoms with Crippen molar-refractivity contribution in [1.82, 2.24) is 14.9 Å². The summed E-state index contributed by atoms with van der Waals surface area (Å²) in [5, 5.41) is 22.7. The molecule has 0 saturated carbocycles. The first-order chi connectivity index (χ1) is 15.9. The Hall–Kier alpha value is -2.42. The van der Waals surface area contributed by atoms with Crippen LogP contribution in [0.15, 0.2) is 24.4 Å². The van der Waals surface area contributed by atoms with Crippen LogP contribution in [0.3, 0.4) is 0 Å². The first-order valence-electron chi connectivity index (χ1n) is 11.6.